The van der Waals surface area contributed by atoms with Crippen LogP contribution in [0.3, 0.4) is 0 Å². The minimum Gasteiger partial charge on any atom is -0.387 e. The van der Waals surface area contributed by atoms with E-state index in [1.807, 2.05) is 0 Å². The van der Waals surface area contributed by atoms with E-state index in [9.17, 15) is 22.7 Å². The van der Waals surface area contributed by atoms with Crippen molar-refractivity contribution in [3.63, 3.8) is 0 Å². The molecule has 0 amide bonds. The molecule has 7 heteroatoms. The monoisotopic (exact) mass is 292 g/mol. The van der Waals surface area contributed by atoms with Crippen molar-refractivity contribution in [3.8, 4) is 0 Å². The summed E-state index contributed by atoms with van der Waals surface area (Å²) in [4.78, 5) is 5.07. The van der Waals surface area contributed by atoms with Crippen molar-refractivity contribution in [2.24, 2.45) is 0 Å². The van der Waals surface area contributed by atoms with Crippen LogP contribution in [-0.2, 0) is 0 Å². The van der Waals surface area contributed by atoms with Gasteiger partial charge in [-0.05, 0) is 31.4 Å². The first-order chi connectivity index (χ1) is 9.35. The van der Waals surface area contributed by atoms with Crippen LogP contribution in [0, 0.1) is 5.82 Å². The second kappa shape index (κ2) is 6.05. The third-order valence-electron chi connectivity index (χ3n) is 3.23. The molecule has 1 aromatic heterocycles. The van der Waals surface area contributed by atoms with Crippen molar-refractivity contribution in [2.45, 2.75) is 37.6 Å². The Morgan fingerprint density at radius 2 is 2.05 bits per heavy atom. The maximum atomic E-state index is 12.7. The molecule has 0 bridgehead atoms. The number of aliphatic hydroxyl groups excluding tert-OH is 1. The molecule has 1 aliphatic carbocycles. The van der Waals surface area contributed by atoms with E-state index >= 15 is 0 Å². The molecular formula is C13H16F4N2O. The molecule has 1 unspecified atom stereocenters. The Morgan fingerprint density at radius 1 is 1.35 bits per heavy atom. The standard InChI is InChI=1S/C13H16F4N2O/c14-9-1-4-11(18-7-9)12(20)5-6-19(10-2-3-10)8-13(15,16)17/h1,4,7,10,12,20H,2-3,5-6,8H2. The van der Waals surface area contributed by atoms with E-state index < -0.39 is 24.6 Å². The van der Waals surface area contributed by atoms with Gasteiger partial charge in [0.1, 0.15) is 5.82 Å². The summed E-state index contributed by atoms with van der Waals surface area (Å²) in [6, 6.07) is 2.47. The lowest BCUT2D eigenvalue weighted by Crippen LogP contribution is -2.37. The number of aromatic nitrogens is 1. The largest absolute Gasteiger partial charge is 0.401 e. The van der Waals surface area contributed by atoms with Gasteiger partial charge in [0, 0.05) is 12.6 Å². The smallest absolute Gasteiger partial charge is 0.387 e. The molecular weight excluding hydrogens is 276 g/mol. The van der Waals surface area contributed by atoms with E-state index in [0.717, 1.165) is 19.0 Å². The Balaban J connectivity index is 1.87. The van der Waals surface area contributed by atoms with Crippen molar-refractivity contribution >= 4 is 0 Å². The van der Waals surface area contributed by atoms with E-state index in [0.29, 0.717) is 0 Å². The fourth-order valence-corrected chi connectivity index (χ4v) is 2.08. The molecule has 1 atom stereocenters. The van der Waals surface area contributed by atoms with Crippen LogP contribution >= 0.6 is 0 Å². The number of hydrogen-bond acceptors (Lipinski definition) is 3. The maximum Gasteiger partial charge on any atom is 0.401 e. The first-order valence-corrected chi connectivity index (χ1v) is 6.45. The first kappa shape index (κ1) is 15.2. The number of rotatable bonds is 6. The Morgan fingerprint density at radius 3 is 2.55 bits per heavy atom. The average Bonchev–Trinajstić information content (AvgIpc) is 3.17. The molecule has 3 nitrogen and oxygen atoms in total. The molecule has 1 aromatic rings. The summed E-state index contributed by atoms with van der Waals surface area (Å²) in [5.41, 5.74) is 0.272. The average molecular weight is 292 g/mol. The molecule has 1 N–H and O–H groups in total. The predicted octanol–water partition coefficient (Wildman–Crippen LogP) is 2.67. The van der Waals surface area contributed by atoms with Crippen LogP contribution in [0.4, 0.5) is 17.6 Å². The first-order valence-electron chi connectivity index (χ1n) is 6.45. The van der Waals surface area contributed by atoms with Gasteiger partial charge < -0.3 is 5.11 Å². The van der Waals surface area contributed by atoms with Crippen LogP contribution in [0.2, 0.25) is 0 Å². The summed E-state index contributed by atoms with van der Waals surface area (Å²) in [6.07, 6.45) is -2.56. The summed E-state index contributed by atoms with van der Waals surface area (Å²) in [5, 5.41) is 9.87. The van der Waals surface area contributed by atoms with Crippen LogP contribution in [0.5, 0.6) is 0 Å². The number of alkyl halides is 3. The summed E-state index contributed by atoms with van der Waals surface area (Å²) in [5.74, 6) is -0.516. The van der Waals surface area contributed by atoms with E-state index in [4.69, 9.17) is 0 Å². The molecule has 0 saturated heterocycles. The lowest BCUT2D eigenvalue weighted by Gasteiger charge is -2.24. The van der Waals surface area contributed by atoms with Gasteiger partial charge in [0.15, 0.2) is 0 Å². The molecule has 0 aromatic carbocycles. The predicted molar refractivity (Wildman–Crippen MR) is 64.4 cm³/mol. The number of nitrogens with zero attached hydrogens (tertiary/aromatic N) is 2. The molecule has 1 aliphatic rings. The fourth-order valence-electron chi connectivity index (χ4n) is 2.08. The molecule has 0 spiro atoms. The van der Waals surface area contributed by atoms with Crippen LogP contribution in [0.25, 0.3) is 0 Å². The molecule has 0 radical (unpaired) electrons. The highest BCUT2D eigenvalue weighted by Gasteiger charge is 2.37. The number of aliphatic hydroxyl groups is 1. The molecule has 112 valence electrons. The normalized spacial score (nSPS) is 17.5. The molecule has 20 heavy (non-hydrogen) atoms. The van der Waals surface area contributed by atoms with Gasteiger partial charge in [0.25, 0.3) is 0 Å². The van der Waals surface area contributed by atoms with Crippen LogP contribution in [-0.4, -0.2) is 40.3 Å². The van der Waals surface area contributed by atoms with Gasteiger partial charge in [-0.3, -0.25) is 9.88 Å². The van der Waals surface area contributed by atoms with Gasteiger partial charge in [0.05, 0.1) is 24.5 Å². The third-order valence-corrected chi connectivity index (χ3v) is 3.23. The zero-order chi connectivity index (χ0) is 14.8. The Labute approximate surface area is 114 Å². The van der Waals surface area contributed by atoms with Gasteiger partial charge in [0.2, 0.25) is 0 Å². The lowest BCUT2D eigenvalue weighted by atomic mass is 10.1. The van der Waals surface area contributed by atoms with Crippen LogP contribution in [0.15, 0.2) is 18.3 Å². The minimum absolute atomic E-state index is 0.0370. The van der Waals surface area contributed by atoms with Crippen molar-refractivity contribution in [1.29, 1.82) is 0 Å². The topological polar surface area (TPSA) is 36.4 Å². The number of hydrogen-bond donors (Lipinski definition) is 1. The summed E-state index contributed by atoms with van der Waals surface area (Å²) < 4.78 is 50.0. The molecule has 1 saturated carbocycles. The zero-order valence-corrected chi connectivity index (χ0v) is 10.8. The van der Waals surface area contributed by atoms with E-state index in [-0.39, 0.29) is 24.7 Å². The van der Waals surface area contributed by atoms with E-state index in [2.05, 4.69) is 4.98 Å². The highest BCUT2D eigenvalue weighted by atomic mass is 19.4. The van der Waals surface area contributed by atoms with Gasteiger partial charge in [-0.1, -0.05) is 0 Å². The lowest BCUT2D eigenvalue weighted by molar-refractivity contribution is -0.147. The zero-order valence-electron chi connectivity index (χ0n) is 10.8. The Kier molecular flexibility index (Phi) is 4.59. The Bertz CT molecular complexity index is 431. The SMILES string of the molecule is OC(CCN(CC(F)(F)F)C1CC1)c1ccc(F)cn1. The summed E-state index contributed by atoms with van der Waals surface area (Å²) in [6.45, 7) is -0.814. The molecule has 1 heterocycles. The number of halogens is 4. The molecule has 2 rings (SSSR count). The summed E-state index contributed by atoms with van der Waals surface area (Å²) >= 11 is 0. The van der Waals surface area contributed by atoms with Crippen LogP contribution in [0.1, 0.15) is 31.1 Å². The molecule has 0 aliphatic heterocycles. The van der Waals surface area contributed by atoms with E-state index in [1.165, 1.54) is 17.0 Å². The minimum atomic E-state index is -4.23. The third kappa shape index (κ3) is 4.72. The maximum absolute atomic E-state index is 12.7. The second-order valence-electron chi connectivity index (χ2n) is 5.02. The van der Waals surface area contributed by atoms with Crippen LogP contribution < -0.4 is 0 Å². The summed E-state index contributed by atoms with van der Waals surface area (Å²) in [7, 11) is 0. The van der Waals surface area contributed by atoms with Crippen molar-refractivity contribution in [2.75, 3.05) is 13.1 Å². The highest BCUT2D eigenvalue weighted by molar-refractivity contribution is 5.08. The quantitative estimate of drug-likeness (QED) is 0.819. The van der Waals surface area contributed by atoms with Gasteiger partial charge in [-0.15, -0.1) is 0 Å². The Hall–Kier alpha value is -1.21. The highest BCUT2D eigenvalue weighted by Crippen LogP contribution is 2.31. The van der Waals surface area contributed by atoms with Crippen molar-refractivity contribution < 1.29 is 22.7 Å². The van der Waals surface area contributed by atoms with Crippen molar-refractivity contribution in [3.05, 3.63) is 29.8 Å². The van der Waals surface area contributed by atoms with Crippen molar-refractivity contribution in [1.82, 2.24) is 9.88 Å². The van der Waals surface area contributed by atoms with Gasteiger partial charge in [-0.2, -0.15) is 13.2 Å². The fraction of sp³-hybridized carbons (Fsp3) is 0.615. The number of pyridine rings is 1. The van der Waals surface area contributed by atoms with Gasteiger partial charge >= 0.3 is 6.18 Å². The van der Waals surface area contributed by atoms with Gasteiger partial charge in [-0.25, -0.2) is 4.39 Å². The second-order valence-corrected chi connectivity index (χ2v) is 5.02. The molecule has 1 fully saturated rings. The van der Waals surface area contributed by atoms with E-state index in [1.54, 1.807) is 0 Å².